The first-order valence-corrected chi connectivity index (χ1v) is 8.01. The Balaban J connectivity index is 1.94. The molecule has 27 heavy (non-hydrogen) atoms. The molecule has 0 aliphatic rings. The number of ether oxygens (including phenoxy) is 2. The molecule has 3 rings (SSSR count). The van der Waals surface area contributed by atoms with Gasteiger partial charge < -0.3 is 14.5 Å². The van der Waals surface area contributed by atoms with Gasteiger partial charge in [0.15, 0.2) is 0 Å². The Morgan fingerprint density at radius 3 is 2.37 bits per heavy atom. The lowest BCUT2D eigenvalue weighted by Gasteiger charge is -2.16. The molecule has 2 aromatic carbocycles. The number of rotatable bonds is 6. The Bertz CT molecular complexity index is 906. The van der Waals surface area contributed by atoms with E-state index in [0.29, 0.717) is 29.0 Å². The molecule has 0 bridgehead atoms. The van der Waals surface area contributed by atoms with Gasteiger partial charge in [0.2, 0.25) is 0 Å². The first kappa shape index (κ1) is 19.1. The maximum absolute atomic E-state index is 12.7. The summed E-state index contributed by atoms with van der Waals surface area (Å²) in [4.78, 5) is 7.32. The van der Waals surface area contributed by atoms with Crippen molar-refractivity contribution in [1.82, 2.24) is 9.97 Å². The van der Waals surface area contributed by atoms with Gasteiger partial charge in [0.1, 0.15) is 17.7 Å². The minimum atomic E-state index is -4.43. The number of benzene rings is 2. The molecular formula is C18H15F5N2O2. The maximum Gasteiger partial charge on any atom is 0.416 e. The number of nitrogens with zero attached hydrogens (tertiary/aromatic N) is 1. The van der Waals surface area contributed by atoms with Crippen LogP contribution in [0.15, 0.2) is 42.5 Å². The van der Waals surface area contributed by atoms with Crippen molar-refractivity contribution in [3.63, 3.8) is 0 Å². The molecule has 1 aromatic heterocycles. The summed E-state index contributed by atoms with van der Waals surface area (Å²) in [6.07, 6.45) is -5.16. The monoisotopic (exact) mass is 386 g/mol. The van der Waals surface area contributed by atoms with Gasteiger partial charge in [0, 0.05) is 12.7 Å². The van der Waals surface area contributed by atoms with Gasteiger partial charge in [0.25, 0.3) is 0 Å². The number of alkyl halides is 5. The zero-order chi connectivity index (χ0) is 19.6. The van der Waals surface area contributed by atoms with Crippen LogP contribution >= 0.6 is 0 Å². The van der Waals surface area contributed by atoms with Crippen molar-refractivity contribution >= 4 is 11.0 Å². The van der Waals surface area contributed by atoms with Crippen molar-refractivity contribution < 1.29 is 31.4 Å². The molecule has 9 heteroatoms. The van der Waals surface area contributed by atoms with Crippen molar-refractivity contribution in [3.05, 3.63) is 59.4 Å². The highest BCUT2D eigenvalue weighted by Crippen LogP contribution is 2.32. The van der Waals surface area contributed by atoms with Gasteiger partial charge >= 0.3 is 12.8 Å². The summed E-state index contributed by atoms with van der Waals surface area (Å²) >= 11 is 0. The Morgan fingerprint density at radius 1 is 1.07 bits per heavy atom. The van der Waals surface area contributed by atoms with Crippen LogP contribution in [0.2, 0.25) is 0 Å². The zero-order valence-electron chi connectivity index (χ0n) is 14.1. The highest BCUT2D eigenvalue weighted by Gasteiger charge is 2.30. The molecule has 4 nitrogen and oxygen atoms in total. The van der Waals surface area contributed by atoms with E-state index < -0.39 is 24.5 Å². The zero-order valence-corrected chi connectivity index (χ0v) is 14.1. The van der Waals surface area contributed by atoms with Crippen LogP contribution in [0.5, 0.6) is 5.75 Å². The lowest BCUT2D eigenvalue weighted by Crippen LogP contribution is -2.10. The number of halogens is 5. The molecule has 0 fully saturated rings. The maximum atomic E-state index is 12.7. The van der Waals surface area contributed by atoms with Crippen LogP contribution in [0.25, 0.3) is 11.0 Å². The van der Waals surface area contributed by atoms with Crippen LogP contribution in [-0.2, 0) is 10.9 Å². The minimum absolute atomic E-state index is 0.0435. The molecule has 1 unspecified atom stereocenters. The van der Waals surface area contributed by atoms with Gasteiger partial charge in [-0.15, -0.1) is 0 Å². The van der Waals surface area contributed by atoms with Crippen LogP contribution in [0.4, 0.5) is 22.0 Å². The molecule has 144 valence electrons. The third kappa shape index (κ3) is 4.36. The number of nitrogens with one attached hydrogen (secondary N) is 1. The molecule has 1 atom stereocenters. The molecule has 0 amide bonds. The van der Waals surface area contributed by atoms with E-state index in [1.807, 2.05) is 0 Å². The number of fused-ring (bicyclic) bond motifs is 1. The van der Waals surface area contributed by atoms with E-state index in [0.717, 1.165) is 12.1 Å². The average Bonchev–Trinajstić information content (AvgIpc) is 3.01. The number of hydrogen-bond acceptors (Lipinski definition) is 3. The van der Waals surface area contributed by atoms with E-state index in [9.17, 15) is 22.0 Å². The molecule has 0 saturated heterocycles. The van der Waals surface area contributed by atoms with E-state index in [1.54, 1.807) is 6.92 Å². The summed E-state index contributed by atoms with van der Waals surface area (Å²) in [5.74, 6) is 0.304. The lowest BCUT2D eigenvalue weighted by atomic mass is 10.1. The predicted molar refractivity (Wildman–Crippen MR) is 87.6 cm³/mol. The highest BCUT2D eigenvalue weighted by molar-refractivity contribution is 5.77. The van der Waals surface area contributed by atoms with E-state index in [4.69, 9.17) is 4.74 Å². The van der Waals surface area contributed by atoms with Gasteiger partial charge in [0.05, 0.1) is 16.6 Å². The minimum Gasteiger partial charge on any atom is -0.435 e. The summed E-state index contributed by atoms with van der Waals surface area (Å²) in [5.41, 5.74) is 0.649. The fraction of sp³-hybridized carbons (Fsp3) is 0.278. The third-order valence-electron chi connectivity index (χ3n) is 3.82. The first-order chi connectivity index (χ1) is 12.8. The molecule has 0 saturated carbocycles. The normalized spacial score (nSPS) is 13.3. The average molecular weight is 386 g/mol. The van der Waals surface area contributed by atoms with Gasteiger partial charge in [-0.1, -0.05) is 12.1 Å². The number of H-pyrrole nitrogens is 1. The van der Waals surface area contributed by atoms with Crippen LogP contribution in [0.3, 0.4) is 0 Å². The van der Waals surface area contributed by atoms with Gasteiger partial charge in [-0.2, -0.15) is 22.0 Å². The van der Waals surface area contributed by atoms with Crippen molar-refractivity contribution in [2.75, 3.05) is 6.61 Å². The van der Waals surface area contributed by atoms with Gasteiger partial charge in [-0.25, -0.2) is 4.98 Å². The standard InChI is InChI=1S/C18H15F5N2O2/c1-2-26-15(10-3-5-11(6-4-10)18(21,22)23)16-24-13-8-7-12(27-17(19)20)9-14(13)25-16/h3-9,15,17H,2H2,1H3,(H,24,25). The largest absolute Gasteiger partial charge is 0.435 e. The Morgan fingerprint density at radius 2 is 1.78 bits per heavy atom. The van der Waals surface area contributed by atoms with Crippen molar-refractivity contribution in [2.24, 2.45) is 0 Å². The second-order valence-electron chi connectivity index (χ2n) is 5.63. The topological polar surface area (TPSA) is 47.1 Å². The van der Waals surface area contributed by atoms with Crippen molar-refractivity contribution in [3.8, 4) is 5.75 Å². The molecule has 3 aromatic rings. The molecule has 0 radical (unpaired) electrons. The molecule has 0 spiro atoms. The van der Waals surface area contributed by atoms with Crippen molar-refractivity contribution in [2.45, 2.75) is 25.8 Å². The molecule has 0 aliphatic heterocycles. The highest BCUT2D eigenvalue weighted by atomic mass is 19.4. The number of aromatic nitrogens is 2. The quantitative estimate of drug-likeness (QED) is 0.584. The summed E-state index contributed by atoms with van der Waals surface area (Å²) in [7, 11) is 0. The lowest BCUT2D eigenvalue weighted by molar-refractivity contribution is -0.137. The molecule has 0 aliphatic carbocycles. The fourth-order valence-electron chi connectivity index (χ4n) is 2.65. The summed E-state index contributed by atoms with van der Waals surface area (Å²) in [6, 6.07) is 8.82. The van der Waals surface area contributed by atoms with Crippen LogP contribution in [-0.4, -0.2) is 23.2 Å². The van der Waals surface area contributed by atoms with E-state index >= 15 is 0 Å². The Kier molecular flexibility index (Phi) is 5.31. The number of aromatic amines is 1. The molecule has 1 heterocycles. The van der Waals surface area contributed by atoms with E-state index in [-0.39, 0.29) is 5.75 Å². The molecule has 1 N–H and O–H groups in total. The number of hydrogen-bond donors (Lipinski definition) is 1. The van der Waals surface area contributed by atoms with E-state index in [2.05, 4.69) is 14.7 Å². The number of imidazole rings is 1. The SMILES string of the molecule is CCOC(c1ccc(C(F)(F)F)cc1)c1nc2cc(OC(F)F)ccc2[nH]1. The second kappa shape index (κ2) is 7.51. The van der Waals surface area contributed by atoms with Crippen LogP contribution in [0, 0.1) is 0 Å². The molecular weight excluding hydrogens is 371 g/mol. The van der Waals surface area contributed by atoms with Gasteiger partial charge in [-0.05, 0) is 36.8 Å². The summed E-state index contributed by atoms with van der Waals surface area (Å²) in [6.45, 7) is -0.916. The van der Waals surface area contributed by atoms with Gasteiger partial charge in [-0.3, -0.25) is 0 Å². The Labute approximate surface area is 150 Å². The predicted octanol–water partition coefficient (Wildman–Crippen LogP) is 5.31. The van der Waals surface area contributed by atoms with Crippen molar-refractivity contribution in [1.29, 1.82) is 0 Å². The summed E-state index contributed by atoms with van der Waals surface area (Å²) < 4.78 is 72.9. The smallest absolute Gasteiger partial charge is 0.416 e. The third-order valence-corrected chi connectivity index (χ3v) is 3.82. The fourth-order valence-corrected chi connectivity index (χ4v) is 2.65. The van der Waals surface area contributed by atoms with E-state index in [1.165, 1.54) is 30.3 Å². The van der Waals surface area contributed by atoms with Crippen LogP contribution in [0.1, 0.15) is 30.0 Å². The first-order valence-electron chi connectivity index (χ1n) is 8.01. The summed E-state index contributed by atoms with van der Waals surface area (Å²) in [5, 5.41) is 0. The second-order valence-corrected chi connectivity index (χ2v) is 5.63. The Hall–Kier alpha value is -2.68. The van der Waals surface area contributed by atoms with Crippen LogP contribution < -0.4 is 4.74 Å².